The normalized spacial score (nSPS) is 18.2. The van der Waals surface area contributed by atoms with Gasteiger partial charge in [0.1, 0.15) is 11.7 Å². The van der Waals surface area contributed by atoms with Gasteiger partial charge in [-0.3, -0.25) is 24.7 Å². The second kappa shape index (κ2) is 8.06. The second-order valence-corrected chi connectivity index (χ2v) is 8.00. The minimum absolute atomic E-state index is 0.224. The van der Waals surface area contributed by atoms with Gasteiger partial charge in [0.05, 0.1) is 19.6 Å². The predicted octanol–water partition coefficient (Wildman–Crippen LogP) is -3.10. The highest BCUT2D eigenvalue weighted by molar-refractivity contribution is 7.88. The molecule has 18 heteroatoms. The number of imide groups is 1. The third-order valence-electron chi connectivity index (χ3n) is 4.32. The molecule has 172 valence electrons. The van der Waals surface area contributed by atoms with Crippen LogP contribution in [0.15, 0.2) is 17.1 Å². The number of aromatic nitrogens is 1. The maximum atomic E-state index is 12.4. The Hall–Kier alpha value is -4.35. The number of carbonyl (C=O) groups excluding carboxylic acids is 4. The van der Waals surface area contributed by atoms with E-state index in [-0.39, 0.29) is 16.5 Å². The van der Waals surface area contributed by atoms with Crippen LogP contribution < -0.4 is 20.9 Å². The maximum absolute atomic E-state index is 12.4. The van der Waals surface area contributed by atoms with Gasteiger partial charge in [0.25, 0.3) is 11.8 Å². The van der Waals surface area contributed by atoms with Crippen molar-refractivity contribution < 1.29 is 42.6 Å². The summed E-state index contributed by atoms with van der Waals surface area (Å²) >= 11 is 0. The first-order valence-corrected chi connectivity index (χ1v) is 10.0. The maximum Gasteiger partial charge on any atom is 0.405 e. The van der Waals surface area contributed by atoms with Gasteiger partial charge < -0.3 is 20.5 Å². The van der Waals surface area contributed by atoms with Crippen LogP contribution in [0.1, 0.15) is 10.5 Å². The molecule has 17 nitrogen and oxygen atoms in total. The standard InChI is InChI=1S/C14H15N7O10S/c22-8-3-6(15-4-9(8)23)10(24)17-20-1-2-21(14(20)29)32(30,31)18-12(26)19-5-7(11(19)25)16-13(27)28/h3-4,7,16,23H,1-2,5H2,(H,15,22)(H,17,24)(H,18,26)(H,27,28). The van der Waals surface area contributed by atoms with Crippen molar-refractivity contribution >= 4 is 40.2 Å². The molecular weight excluding hydrogens is 458 g/mol. The smallest absolute Gasteiger partial charge is 0.405 e. The molecule has 2 aliphatic heterocycles. The summed E-state index contributed by atoms with van der Waals surface area (Å²) < 4.78 is 26.4. The van der Waals surface area contributed by atoms with Crippen molar-refractivity contribution in [2.45, 2.75) is 6.04 Å². The first-order chi connectivity index (χ1) is 14.9. The van der Waals surface area contributed by atoms with E-state index in [0.717, 1.165) is 12.3 Å². The van der Waals surface area contributed by atoms with Gasteiger partial charge in [0, 0.05) is 12.3 Å². The molecule has 3 heterocycles. The Bertz CT molecular complexity index is 1180. The number of rotatable bonds is 5. The molecule has 32 heavy (non-hydrogen) atoms. The van der Waals surface area contributed by atoms with E-state index in [1.165, 1.54) is 4.72 Å². The number of aromatic hydroxyl groups is 1. The topological polar surface area (TPSA) is 239 Å². The Morgan fingerprint density at radius 1 is 1.16 bits per heavy atom. The monoisotopic (exact) mass is 473 g/mol. The Balaban J connectivity index is 1.60. The molecule has 2 aliphatic rings. The number of likely N-dealkylation sites (tertiary alicyclic amines) is 1. The molecule has 1 atom stereocenters. The Kier molecular flexibility index (Phi) is 5.62. The van der Waals surface area contributed by atoms with Crippen molar-refractivity contribution in [3.8, 4) is 5.75 Å². The van der Waals surface area contributed by atoms with Crippen LogP contribution in [0.5, 0.6) is 5.75 Å². The zero-order chi connectivity index (χ0) is 23.8. The quantitative estimate of drug-likeness (QED) is 0.235. The lowest BCUT2D eigenvalue weighted by molar-refractivity contribution is -0.138. The number of carboxylic acid groups (broad SMARTS) is 1. The highest BCUT2D eigenvalue weighted by atomic mass is 32.2. The van der Waals surface area contributed by atoms with E-state index in [2.05, 4.69) is 10.4 Å². The molecule has 6 N–H and O–H groups in total. The van der Waals surface area contributed by atoms with Gasteiger partial charge >= 0.3 is 28.4 Å². The minimum Gasteiger partial charge on any atom is -0.503 e. The molecule has 0 aliphatic carbocycles. The Morgan fingerprint density at radius 3 is 2.44 bits per heavy atom. The first kappa shape index (κ1) is 22.3. The van der Waals surface area contributed by atoms with E-state index in [4.69, 9.17) is 5.11 Å². The molecule has 2 fully saturated rings. The zero-order valence-corrected chi connectivity index (χ0v) is 16.6. The van der Waals surface area contributed by atoms with Crippen LogP contribution in [0, 0.1) is 0 Å². The molecule has 1 unspecified atom stereocenters. The molecular formula is C14H15N7O10S. The van der Waals surface area contributed by atoms with Gasteiger partial charge in [0.15, 0.2) is 5.75 Å². The number of carbonyl (C=O) groups is 5. The first-order valence-electron chi connectivity index (χ1n) is 8.60. The van der Waals surface area contributed by atoms with Gasteiger partial charge in [-0.15, -0.1) is 0 Å². The molecule has 0 spiro atoms. The molecule has 7 amide bonds. The largest absolute Gasteiger partial charge is 0.503 e. The van der Waals surface area contributed by atoms with Crippen LogP contribution in [-0.4, -0.2) is 93.5 Å². The van der Waals surface area contributed by atoms with Crippen LogP contribution in [0.25, 0.3) is 0 Å². The molecule has 0 bridgehead atoms. The summed E-state index contributed by atoms with van der Waals surface area (Å²) in [5, 5.41) is 20.2. The SMILES string of the molecule is O=C(O)NC1CN(C(=O)NS(=O)(=O)N2CCN(NC(=O)c3cc(=O)c(O)c[nH]3)C2=O)C1=O. The molecule has 0 radical (unpaired) electrons. The lowest BCUT2D eigenvalue weighted by Gasteiger charge is -2.36. The molecule has 1 aromatic rings. The molecule has 0 saturated carbocycles. The predicted molar refractivity (Wildman–Crippen MR) is 99.1 cm³/mol. The number of nitrogens with one attached hydrogen (secondary N) is 4. The highest BCUT2D eigenvalue weighted by Crippen LogP contribution is 2.14. The summed E-state index contributed by atoms with van der Waals surface area (Å²) in [7, 11) is -4.77. The summed E-state index contributed by atoms with van der Waals surface area (Å²) in [6, 6.07) is -3.07. The summed E-state index contributed by atoms with van der Waals surface area (Å²) in [4.78, 5) is 72.9. The average Bonchev–Trinajstić information content (AvgIpc) is 3.07. The van der Waals surface area contributed by atoms with Crippen molar-refractivity contribution in [3.63, 3.8) is 0 Å². The lowest BCUT2D eigenvalue weighted by atomic mass is 10.1. The number of hydrazine groups is 1. The third-order valence-corrected chi connectivity index (χ3v) is 5.67. The fourth-order valence-electron chi connectivity index (χ4n) is 2.71. The van der Waals surface area contributed by atoms with Crippen LogP contribution in [0.3, 0.4) is 0 Å². The Labute approximate surface area is 177 Å². The number of pyridine rings is 1. The zero-order valence-electron chi connectivity index (χ0n) is 15.8. The van der Waals surface area contributed by atoms with E-state index < -0.39 is 70.5 Å². The number of hydrogen-bond acceptors (Lipinski definition) is 9. The van der Waals surface area contributed by atoms with Crippen LogP contribution in [0.4, 0.5) is 14.4 Å². The van der Waals surface area contributed by atoms with E-state index in [0.29, 0.717) is 9.91 Å². The fraction of sp³-hybridized carbons (Fsp3) is 0.286. The highest BCUT2D eigenvalue weighted by Gasteiger charge is 2.45. The van der Waals surface area contributed by atoms with Gasteiger partial charge in [-0.1, -0.05) is 0 Å². The summed E-state index contributed by atoms with van der Waals surface area (Å²) in [6.45, 7) is -1.19. The Morgan fingerprint density at radius 2 is 1.84 bits per heavy atom. The van der Waals surface area contributed by atoms with Crippen LogP contribution in [0.2, 0.25) is 0 Å². The van der Waals surface area contributed by atoms with E-state index in [1.807, 2.05) is 5.32 Å². The molecule has 3 rings (SSSR count). The number of hydrogen-bond donors (Lipinski definition) is 6. The number of urea groups is 2. The average molecular weight is 473 g/mol. The summed E-state index contributed by atoms with van der Waals surface area (Å²) in [5.41, 5.74) is 0.880. The van der Waals surface area contributed by atoms with Crippen molar-refractivity contribution in [2.24, 2.45) is 0 Å². The van der Waals surface area contributed by atoms with Gasteiger partial charge in [-0.05, 0) is 0 Å². The van der Waals surface area contributed by atoms with Crippen molar-refractivity contribution in [3.05, 3.63) is 28.2 Å². The van der Waals surface area contributed by atoms with E-state index in [1.54, 1.807) is 0 Å². The van der Waals surface area contributed by atoms with Crippen molar-refractivity contribution in [1.82, 2.24) is 34.7 Å². The number of H-pyrrole nitrogens is 1. The van der Waals surface area contributed by atoms with Crippen LogP contribution in [-0.2, 0) is 15.0 Å². The molecule has 0 aromatic carbocycles. The lowest BCUT2D eigenvalue weighted by Crippen LogP contribution is -2.67. The third kappa shape index (κ3) is 4.24. The number of nitrogens with zero attached hydrogens (tertiary/aromatic N) is 3. The molecule has 1 aromatic heterocycles. The van der Waals surface area contributed by atoms with E-state index in [9.17, 15) is 42.3 Å². The summed E-state index contributed by atoms with van der Waals surface area (Å²) in [5.74, 6) is -2.61. The minimum atomic E-state index is -4.77. The number of β-lactam (4-membered cyclic amide) rings is 1. The van der Waals surface area contributed by atoms with Crippen LogP contribution >= 0.6 is 0 Å². The number of aromatic amines is 1. The van der Waals surface area contributed by atoms with Gasteiger partial charge in [-0.2, -0.15) is 8.42 Å². The van der Waals surface area contributed by atoms with Gasteiger partial charge in [0.2, 0.25) is 5.43 Å². The van der Waals surface area contributed by atoms with E-state index >= 15 is 0 Å². The fourth-order valence-corrected chi connectivity index (χ4v) is 3.77. The summed E-state index contributed by atoms with van der Waals surface area (Å²) in [6.07, 6.45) is -0.652. The number of amides is 7. The molecule has 2 saturated heterocycles. The van der Waals surface area contributed by atoms with Crippen molar-refractivity contribution in [2.75, 3.05) is 19.6 Å². The van der Waals surface area contributed by atoms with Gasteiger partial charge in [-0.25, -0.2) is 28.4 Å². The second-order valence-electron chi connectivity index (χ2n) is 6.41. The van der Waals surface area contributed by atoms with Crippen molar-refractivity contribution in [1.29, 1.82) is 0 Å².